The Kier molecular flexibility index (Phi) is 8.06. The molecular formula is C59H36N4O. The topological polar surface area (TPSA) is 60.8 Å². The molecular weight excluding hydrogens is 781 g/mol. The van der Waals surface area contributed by atoms with Crippen molar-refractivity contribution in [3.8, 4) is 79.2 Å². The zero-order valence-corrected chi connectivity index (χ0v) is 34.5. The van der Waals surface area contributed by atoms with Crippen molar-refractivity contribution >= 4 is 21.7 Å². The molecule has 2 aliphatic rings. The van der Waals surface area contributed by atoms with Gasteiger partial charge in [-0.25, -0.2) is 19.9 Å². The molecule has 0 amide bonds. The van der Waals surface area contributed by atoms with Gasteiger partial charge < -0.3 is 4.74 Å². The molecule has 13 rings (SSSR count). The number of fused-ring (bicyclic) bond motifs is 12. The molecule has 2 aromatic heterocycles. The number of aromatic nitrogens is 4. The molecule has 1 aliphatic heterocycles. The average molecular weight is 817 g/mol. The summed E-state index contributed by atoms with van der Waals surface area (Å²) in [4.78, 5) is 20.2. The summed E-state index contributed by atoms with van der Waals surface area (Å²) in [5, 5.41) is 3.44. The Hall–Kier alpha value is -8.54. The minimum Gasteiger partial charge on any atom is -0.457 e. The number of para-hydroxylation sites is 3. The molecule has 0 N–H and O–H groups in total. The Morgan fingerprint density at radius 3 is 1.41 bits per heavy atom. The number of rotatable bonds is 5. The summed E-state index contributed by atoms with van der Waals surface area (Å²) in [5.74, 6) is 3.63. The second kappa shape index (κ2) is 14.3. The SMILES string of the molecule is c1ccc(-c2nc(-c3ccccc3)nc(-c3ccc(-c4ccc5c(c4)C4(c6ccccc6Oc6ccccc64)c4cc6c(cc4-5)c(-c4ccccc4)nc4ccccc46)cc3)n2)cc1. The molecule has 11 aromatic rings. The average Bonchev–Trinajstić information content (AvgIpc) is 3.65. The second-order valence-corrected chi connectivity index (χ2v) is 16.5. The third-order valence-electron chi connectivity index (χ3n) is 13.0. The molecule has 0 radical (unpaired) electrons. The van der Waals surface area contributed by atoms with Gasteiger partial charge in [0.05, 0.1) is 16.6 Å². The number of ether oxygens (including phenoxy) is 1. The minimum atomic E-state index is -0.663. The van der Waals surface area contributed by atoms with Gasteiger partial charge in [0, 0.05) is 44.2 Å². The molecule has 9 aromatic carbocycles. The van der Waals surface area contributed by atoms with Gasteiger partial charge >= 0.3 is 0 Å². The van der Waals surface area contributed by atoms with Gasteiger partial charge in [0.2, 0.25) is 0 Å². The van der Waals surface area contributed by atoms with Crippen molar-refractivity contribution in [1.29, 1.82) is 0 Å². The Balaban J connectivity index is 1.02. The summed E-state index contributed by atoms with van der Waals surface area (Å²) in [7, 11) is 0. The van der Waals surface area contributed by atoms with Gasteiger partial charge in [0.1, 0.15) is 11.5 Å². The van der Waals surface area contributed by atoms with Crippen molar-refractivity contribution in [2.45, 2.75) is 5.41 Å². The summed E-state index contributed by atoms with van der Waals surface area (Å²) >= 11 is 0. The van der Waals surface area contributed by atoms with E-state index in [1.807, 2.05) is 60.7 Å². The molecule has 0 saturated carbocycles. The Labute approximate surface area is 370 Å². The highest BCUT2D eigenvalue weighted by Crippen LogP contribution is 2.63. The highest BCUT2D eigenvalue weighted by Gasteiger charge is 2.51. The van der Waals surface area contributed by atoms with Gasteiger partial charge in [-0.2, -0.15) is 0 Å². The maximum Gasteiger partial charge on any atom is 0.164 e. The van der Waals surface area contributed by atoms with E-state index in [2.05, 4.69) is 158 Å². The smallest absolute Gasteiger partial charge is 0.164 e. The lowest BCUT2D eigenvalue weighted by atomic mass is 9.65. The predicted molar refractivity (Wildman–Crippen MR) is 257 cm³/mol. The van der Waals surface area contributed by atoms with E-state index >= 15 is 0 Å². The van der Waals surface area contributed by atoms with E-state index in [0.29, 0.717) is 17.5 Å². The van der Waals surface area contributed by atoms with Crippen LogP contribution in [0.5, 0.6) is 11.5 Å². The minimum absolute atomic E-state index is 0.627. The maximum absolute atomic E-state index is 6.75. The third kappa shape index (κ3) is 5.51. The second-order valence-electron chi connectivity index (χ2n) is 16.5. The first-order valence-corrected chi connectivity index (χ1v) is 21.6. The van der Waals surface area contributed by atoms with Crippen LogP contribution in [0.15, 0.2) is 218 Å². The van der Waals surface area contributed by atoms with Crippen LogP contribution in [0.1, 0.15) is 22.3 Å². The van der Waals surface area contributed by atoms with E-state index < -0.39 is 5.41 Å². The fourth-order valence-electron chi connectivity index (χ4n) is 10.1. The van der Waals surface area contributed by atoms with Crippen LogP contribution in [0.3, 0.4) is 0 Å². The number of hydrogen-bond donors (Lipinski definition) is 0. The van der Waals surface area contributed by atoms with Crippen LogP contribution in [-0.2, 0) is 5.41 Å². The first kappa shape index (κ1) is 36.1. The lowest BCUT2D eigenvalue weighted by molar-refractivity contribution is 0.436. The number of nitrogens with zero attached hydrogens (tertiary/aromatic N) is 4. The van der Waals surface area contributed by atoms with Crippen molar-refractivity contribution in [3.63, 3.8) is 0 Å². The van der Waals surface area contributed by atoms with E-state index in [9.17, 15) is 0 Å². The molecule has 0 fully saturated rings. The molecule has 3 heterocycles. The fraction of sp³-hybridized carbons (Fsp3) is 0.0169. The van der Waals surface area contributed by atoms with Crippen LogP contribution in [0.4, 0.5) is 0 Å². The zero-order valence-electron chi connectivity index (χ0n) is 34.5. The molecule has 0 atom stereocenters. The van der Waals surface area contributed by atoms with Crippen molar-refractivity contribution in [1.82, 2.24) is 19.9 Å². The Bertz CT molecular complexity index is 3520. The van der Waals surface area contributed by atoms with Crippen LogP contribution >= 0.6 is 0 Å². The normalized spacial score (nSPS) is 12.9. The summed E-state index contributed by atoms with van der Waals surface area (Å²) in [5.41, 5.74) is 14.5. The fourth-order valence-corrected chi connectivity index (χ4v) is 10.1. The molecule has 0 bridgehead atoms. The van der Waals surface area contributed by atoms with Crippen LogP contribution in [0.25, 0.3) is 89.4 Å². The van der Waals surface area contributed by atoms with Crippen molar-refractivity contribution in [2.24, 2.45) is 0 Å². The highest BCUT2D eigenvalue weighted by molar-refractivity contribution is 6.13. The molecule has 0 saturated heterocycles. The summed E-state index contributed by atoms with van der Waals surface area (Å²) in [6, 6.07) is 76.9. The Morgan fingerprint density at radius 1 is 0.297 bits per heavy atom. The van der Waals surface area contributed by atoms with Gasteiger partial charge in [-0.3, -0.25) is 0 Å². The number of benzene rings is 9. The van der Waals surface area contributed by atoms with Gasteiger partial charge in [0.25, 0.3) is 0 Å². The van der Waals surface area contributed by atoms with Crippen molar-refractivity contribution in [3.05, 3.63) is 241 Å². The molecule has 0 unspecified atom stereocenters. The van der Waals surface area contributed by atoms with Crippen molar-refractivity contribution < 1.29 is 4.74 Å². The molecule has 298 valence electrons. The zero-order chi connectivity index (χ0) is 42.2. The lowest BCUT2D eigenvalue weighted by Crippen LogP contribution is -2.32. The lowest BCUT2D eigenvalue weighted by Gasteiger charge is -2.39. The monoisotopic (exact) mass is 816 g/mol. The van der Waals surface area contributed by atoms with Gasteiger partial charge in [-0.15, -0.1) is 0 Å². The van der Waals surface area contributed by atoms with E-state index in [0.717, 1.165) is 78.0 Å². The van der Waals surface area contributed by atoms with Crippen molar-refractivity contribution in [2.75, 3.05) is 0 Å². The molecule has 1 spiro atoms. The summed E-state index contributed by atoms with van der Waals surface area (Å²) < 4.78 is 6.75. The van der Waals surface area contributed by atoms with Crippen LogP contribution in [0, 0.1) is 0 Å². The molecule has 5 nitrogen and oxygen atoms in total. The van der Waals surface area contributed by atoms with Crippen LogP contribution < -0.4 is 4.74 Å². The Morgan fingerprint density at radius 2 is 0.781 bits per heavy atom. The van der Waals surface area contributed by atoms with Gasteiger partial charge in [0.15, 0.2) is 17.5 Å². The largest absolute Gasteiger partial charge is 0.457 e. The maximum atomic E-state index is 6.75. The number of pyridine rings is 1. The van der Waals surface area contributed by atoms with Crippen LogP contribution in [-0.4, -0.2) is 19.9 Å². The summed E-state index contributed by atoms with van der Waals surface area (Å²) in [6.45, 7) is 0. The van der Waals surface area contributed by atoms with E-state index in [4.69, 9.17) is 24.7 Å². The standard InChI is InChI=1S/C59H36N4O/c1-4-16-38(17-5-1)55-47-35-46-43-33-32-42(37-28-30-41(31-29-37)58-62-56(39-18-6-2-7-19-39)61-57(63-58)40-20-8-3-9-21-40)34-50(43)59(51(46)36-45(47)44-22-10-13-25-52(44)60-55)48-23-11-14-26-53(48)64-54-27-15-12-24-49(54)59/h1-36H. The predicted octanol–water partition coefficient (Wildman–Crippen LogP) is 14.4. The highest BCUT2D eigenvalue weighted by atomic mass is 16.5. The van der Waals surface area contributed by atoms with Gasteiger partial charge in [-0.1, -0.05) is 182 Å². The number of hydrogen-bond acceptors (Lipinski definition) is 5. The van der Waals surface area contributed by atoms with Crippen LogP contribution in [0.2, 0.25) is 0 Å². The molecule has 64 heavy (non-hydrogen) atoms. The van der Waals surface area contributed by atoms with E-state index in [1.54, 1.807) is 0 Å². The van der Waals surface area contributed by atoms with E-state index in [1.165, 1.54) is 27.6 Å². The molecule has 1 aliphatic carbocycles. The van der Waals surface area contributed by atoms with E-state index in [-0.39, 0.29) is 0 Å². The van der Waals surface area contributed by atoms with Gasteiger partial charge in [-0.05, 0) is 75.2 Å². The third-order valence-corrected chi connectivity index (χ3v) is 13.0. The first-order chi connectivity index (χ1) is 31.7. The first-order valence-electron chi connectivity index (χ1n) is 21.6. The quantitative estimate of drug-likeness (QED) is 0.162. The molecule has 5 heteroatoms. The summed E-state index contributed by atoms with van der Waals surface area (Å²) in [6.07, 6.45) is 0.